The molecule has 2 heteroatoms. The molecule has 2 fully saturated rings. The zero-order valence-electron chi connectivity index (χ0n) is 12.6. The molecule has 2 aliphatic rings. The van der Waals surface area contributed by atoms with Crippen molar-refractivity contribution in [1.82, 2.24) is 10.2 Å². The van der Waals surface area contributed by atoms with Crippen LogP contribution in [0.5, 0.6) is 0 Å². The summed E-state index contributed by atoms with van der Waals surface area (Å²) in [6, 6.07) is 1.56. The van der Waals surface area contributed by atoms with E-state index in [4.69, 9.17) is 0 Å². The molecule has 1 aliphatic carbocycles. The van der Waals surface area contributed by atoms with Gasteiger partial charge in [0, 0.05) is 31.7 Å². The first kappa shape index (κ1) is 14.3. The molecule has 0 spiro atoms. The van der Waals surface area contributed by atoms with Gasteiger partial charge in [-0.05, 0) is 31.1 Å². The summed E-state index contributed by atoms with van der Waals surface area (Å²) in [5.74, 6) is 1.74. The molecule has 0 amide bonds. The largest absolute Gasteiger partial charge is 0.311 e. The van der Waals surface area contributed by atoms with E-state index in [-0.39, 0.29) is 0 Å². The zero-order chi connectivity index (χ0) is 13.0. The first-order valence-electron chi connectivity index (χ1n) is 8.19. The van der Waals surface area contributed by atoms with E-state index in [1.165, 1.54) is 58.2 Å². The molecule has 0 aromatic heterocycles. The summed E-state index contributed by atoms with van der Waals surface area (Å²) in [7, 11) is 0. The number of piperazine rings is 1. The smallest absolute Gasteiger partial charge is 0.0223 e. The van der Waals surface area contributed by atoms with Crippen LogP contribution in [0.25, 0.3) is 0 Å². The SMILES string of the molecule is CCC(C(C)C)N1CCNC(C2CCCCC2)C1. The van der Waals surface area contributed by atoms with Crippen LogP contribution in [0.3, 0.4) is 0 Å². The Morgan fingerprint density at radius 3 is 2.50 bits per heavy atom. The van der Waals surface area contributed by atoms with Gasteiger partial charge in [-0.3, -0.25) is 4.90 Å². The van der Waals surface area contributed by atoms with E-state index in [2.05, 4.69) is 31.0 Å². The highest BCUT2D eigenvalue weighted by Crippen LogP contribution is 2.28. The maximum Gasteiger partial charge on any atom is 0.0223 e. The number of hydrogen-bond donors (Lipinski definition) is 1. The molecule has 2 nitrogen and oxygen atoms in total. The predicted molar refractivity (Wildman–Crippen MR) is 78.9 cm³/mol. The van der Waals surface area contributed by atoms with Crippen LogP contribution in [0.15, 0.2) is 0 Å². The summed E-state index contributed by atoms with van der Waals surface area (Å²) in [5, 5.41) is 3.80. The lowest BCUT2D eigenvalue weighted by atomic mass is 9.82. The van der Waals surface area contributed by atoms with Crippen LogP contribution in [-0.2, 0) is 0 Å². The maximum absolute atomic E-state index is 3.80. The Hall–Kier alpha value is -0.0800. The van der Waals surface area contributed by atoms with Gasteiger partial charge in [0.05, 0.1) is 0 Å². The van der Waals surface area contributed by atoms with Gasteiger partial charge >= 0.3 is 0 Å². The van der Waals surface area contributed by atoms with E-state index < -0.39 is 0 Å². The monoisotopic (exact) mass is 252 g/mol. The second kappa shape index (κ2) is 6.91. The Bertz CT molecular complexity index is 233. The molecule has 106 valence electrons. The third kappa shape index (κ3) is 3.48. The van der Waals surface area contributed by atoms with Crippen molar-refractivity contribution in [1.29, 1.82) is 0 Å². The molecule has 1 saturated heterocycles. The average Bonchev–Trinajstić information content (AvgIpc) is 2.40. The standard InChI is InChI=1S/C16H32N2/c1-4-16(13(2)3)18-11-10-17-15(12-18)14-8-6-5-7-9-14/h13-17H,4-12H2,1-3H3. The van der Waals surface area contributed by atoms with Crippen molar-refractivity contribution >= 4 is 0 Å². The van der Waals surface area contributed by atoms with Crippen LogP contribution in [0.4, 0.5) is 0 Å². The summed E-state index contributed by atoms with van der Waals surface area (Å²) in [5.41, 5.74) is 0. The van der Waals surface area contributed by atoms with E-state index >= 15 is 0 Å². The van der Waals surface area contributed by atoms with Gasteiger partial charge in [0.2, 0.25) is 0 Å². The van der Waals surface area contributed by atoms with E-state index in [0.29, 0.717) is 0 Å². The lowest BCUT2D eigenvalue weighted by Crippen LogP contribution is -2.57. The number of hydrogen-bond acceptors (Lipinski definition) is 2. The Kier molecular flexibility index (Phi) is 5.50. The average molecular weight is 252 g/mol. The predicted octanol–water partition coefficient (Wildman–Crippen LogP) is 3.28. The van der Waals surface area contributed by atoms with Crippen LogP contribution in [0.1, 0.15) is 59.3 Å². The van der Waals surface area contributed by atoms with Gasteiger partial charge in [-0.25, -0.2) is 0 Å². The topological polar surface area (TPSA) is 15.3 Å². The van der Waals surface area contributed by atoms with E-state index in [0.717, 1.165) is 23.9 Å². The van der Waals surface area contributed by atoms with Crippen molar-refractivity contribution in [2.24, 2.45) is 11.8 Å². The maximum atomic E-state index is 3.80. The molecule has 0 aromatic rings. The normalized spacial score (nSPS) is 29.7. The van der Waals surface area contributed by atoms with Crippen molar-refractivity contribution in [3.8, 4) is 0 Å². The summed E-state index contributed by atoms with van der Waals surface area (Å²) in [6.07, 6.45) is 8.62. The highest BCUT2D eigenvalue weighted by Gasteiger charge is 2.31. The fourth-order valence-corrected chi connectivity index (χ4v) is 4.11. The van der Waals surface area contributed by atoms with Crippen LogP contribution >= 0.6 is 0 Å². The highest BCUT2D eigenvalue weighted by atomic mass is 15.2. The second-order valence-corrected chi connectivity index (χ2v) is 6.67. The molecule has 0 aromatic carbocycles. The van der Waals surface area contributed by atoms with Crippen molar-refractivity contribution in [2.75, 3.05) is 19.6 Å². The van der Waals surface area contributed by atoms with Gasteiger partial charge in [-0.1, -0.05) is 40.0 Å². The molecule has 0 radical (unpaired) electrons. The van der Waals surface area contributed by atoms with Gasteiger partial charge < -0.3 is 5.32 Å². The van der Waals surface area contributed by atoms with Crippen molar-refractivity contribution < 1.29 is 0 Å². The molecule has 2 atom stereocenters. The Morgan fingerprint density at radius 1 is 1.17 bits per heavy atom. The van der Waals surface area contributed by atoms with Crippen molar-refractivity contribution in [2.45, 2.75) is 71.4 Å². The minimum atomic E-state index is 0.770. The first-order chi connectivity index (χ1) is 8.72. The highest BCUT2D eigenvalue weighted by molar-refractivity contribution is 4.88. The molecule has 1 N–H and O–H groups in total. The fourth-order valence-electron chi connectivity index (χ4n) is 4.11. The summed E-state index contributed by atoms with van der Waals surface area (Å²) in [4.78, 5) is 2.76. The van der Waals surface area contributed by atoms with Crippen LogP contribution in [0.2, 0.25) is 0 Å². The molecule has 0 bridgehead atoms. The third-order valence-electron chi connectivity index (χ3n) is 5.11. The quantitative estimate of drug-likeness (QED) is 0.826. The van der Waals surface area contributed by atoms with E-state index in [9.17, 15) is 0 Å². The van der Waals surface area contributed by atoms with Gasteiger partial charge in [0.25, 0.3) is 0 Å². The number of nitrogens with zero attached hydrogens (tertiary/aromatic N) is 1. The number of nitrogens with one attached hydrogen (secondary N) is 1. The lowest BCUT2D eigenvalue weighted by molar-refractivity contribution is 0.0841. The van der Waals surface area contributed by atoms with Gasteiger partial charge in [-0.15, -0.1) is 0 Å². The minimum Gasteiger partial charge on any atom is -0.311 e. The third-order valence-corrected chi connectivity index (χ3v) is 5.11. The van der Waals surface area contributed by atoms with Crippen LogP contribution in [0, 0.1) is 11.8 Å². The molecule has 2 unspecified atom stereocenters. The van der Waals surface area contributed by atoms with Crippen molar-refractivity contribution in [3.63, 3.8) is 0 Å². The van der Waals surface area contributed by atoms with Crippen molar-refractivity contribution in [3.05, 3.63) is 0 Å². The Labute approximate surface area is 114 Å². The van der Waals surface area contributed by atoms with Crippen LogP contribution < -0.4 is 5.32 Å². The molecule has 1 heterocycles. The molecule has 18 heavy (non-hydrogen) atoms. The van der Waals surface area contributed by atoms with Gasteiger partial charge in [0.15, 0.2) is 0 Å². The molecular weight excluding hydrogens is 220 g/mol. The summed E-state index contributed by atoms with van der Waals surface area (Å²) < 4.78 is 0. The Balaban J connectivity index is 1.90. The van der Waals surface area contributed by atoms with Gasteiger partial charge in [-0.2, -0.15) is 0 Å². The van der Waals surface area contributed by atoms with E-state index in [1.54, 1.807) is 0 Å². The lowest BCUT2D eigenvalue weighted by Gasteiger charge is -2.43. The first-order valence-corrected chi connectivity index (χ1v) is 8.19. The molecule has 1 saturated carbocycles. The number of rotatable bonds is 4. The molecule has 1 aliphatic heterocycles. The summed E-state index contributed by atoms with van der Waals surface area (Å²) in [6.45, 7) is 10.9. The van der Waals surface area contributed by atoms with Crippen LogP contribution in [-0.4, -0.2) is 36.6 Å². The molecule has 2 rings (SSSR count). The zero-order valence-corrected chi connectivity index (χ0v) is 12.6. The Morgan fingerprint density at radius 2 is 1.89 bits per heavy atom. The van der Waals surface area contributed by atoms with E-state index in [1.807, 2.05) is 0 Å². The second-order valence-electron chi connectivity index (χ2n) is 6.67. The fraction of sp³-hybridized carbons (Fsp3) is 1.00. The van der Waals surface area contributed by atoms with Gasteiger partial charge in [0.1, 0.15) is 0 Å². The molecular formula is C16H32N2. The minimum absolute atomic E-state index is 0.770. The summed E-state index contributed by atoms with van der Waals surface area (Å²) >= 11 is 0.